The van der Waals surface area contributed by atoms with Crippen molar-refractivity contribution >= 4 is 12.0 Å². The van der Waals surface area contributed by atoms with Crippen molar-refractivity contribution < 1.29 is 19.4 Å². The molecular formula is C11H20N2O4. The number of carboxylic acid groups (broad SMARTS) is 1. The summed E-state index contributed by atoms with van der Waals surface area (Å²) in [5.41, 5.74) is 0. The molecule has 0 heterocycles. The second-order valence-electron chi connectivity index (χ2n) is 3.39. The molecule has 0 fully saturated rings. The van der Waals surface area contributed by atoms with Gasteiger partial charge in [-0.15, -0.1) is 6.58 Å². The van der Waals surface area contributed by atoms with E-state index in [9.17, 15) is 9.59 Å². The second-order valence-corrected chi connectivity index (χ2v) is 3.39. The van der Waals surface area contributed by atoms with Crippen molar-refractivity contribution in [3.63, 3.8) is 0 Å². The van der Waals surface area contributed by atoms with Crippen LogP contribution in [0.1, 0.15) is 19.8 Å². The predicted molar refractivity (Wildman–Crippen MR) is 63.9 cm³/mol. The fraction of sp³-hybridized carbons (Fsp3) is 0.636. The van der Waals surface area contributed by atoms with Gasteiger partial charge in [-0.25, -0.2) is 9.59 Å². The second kappa shape index (κ2) is 9.65. The topological polar surface area (TPSA) is 87.7 Å². The molecule has 0 aromatic rings. The zero-order valence-corrected chi connectivity index (χ0v) is 10.1. The molecular weight excluding hydrogens is 224 g/mol. The lowest BCUT2D eigenvalue weighted by atomic mass is 10.2. The highest BCUT2D eigenvalue weighted by molar-refractivity contribution is 5.82. The van der Waals surface area contributed by atoms with E-state index in [1.165, 1.54) is 0 Å². The maximum absolute atomic E-state index is 11.2. The number of nitrogens with one attached hydrogen (secondary N) is 2. The summed E-state index contributed by atoms with van der Waals surface area (Å²) in [4.78, 5) is 21.9. The van der Waals surface area contributed by atoms with Gasteiger partial charge in [0, 0.05) is 6.54 Å². The molecule has 2 amide bonds. The maximum atomic E-state index is 11.2. The Hall–Kier alpha value is -1.56. The van der Waals surface area contributed by atoms with Crippen LogP contribution in [0, 0.1) is 0 Å². The van der Waals surface area contributed by atoms with Crippen LogP contribution in [0.3, 0.4) is 0 Å². The molecule has 0 aliphatic heterocycles. The fourth-order valence-corrected chi connectivity index (χ4v) is 1.05. The zero-order valence-electron chi connectivity index (χ0n) is 10.1. The Morgan fingerprint density at radius 1 is 1.47 bits per heavy atom. The monoisotopic (exact) mass is 244 g/mol. The molecule has 0 saturated heterocycles. The molecule has 0 aliphatic carbocycles. The molecule has 3 N–H and O–H groups in total. The summed E-state index contributed by atoms with van der Waals surface area (Å²) < 4.78 is 5.17. The summed E-state index contributed by atoms with van der Waals surface area (Å²) >= 11 is 0. The number of hydrogen-bond acceptors (Lipinski definition) is 3. The van der Waals surface area contributed by atoms with Crippen LogP contribution < -0.4 is 10.6 Å². The molecule has 6 heteroatoms. The highest BCUT2D eigenvalue weighted by atomic mass is 16.5. The molecule has 0 aromatic carbocycles. The first-order valence-electron chi connectivity index (χ1n) is 5.57. The smallest absolute Gasteiger partial charge is 0.326 e. The Balaban J connectivity index is 3.58. The van der Waals surface area contributed by atoms with E-state index in [2.05, 4.69) is 17.2 Å². The Kier molecular flexibility index (Phi) is 8.77. The normalized spacial score (nSPS) is 11.6. The number of aliphatic carboxylic acids is 1. The van der Waals surface area contributed by atoms with Crippen molar-refractivity contribution in [2.45, 2.75) is 25.8 Å². The van der Waals surface area contributed by atoms with Crippen LogP contribution in [0.2, 0.25) is 0 Å². The van der Waals surface area contributed by atoms with Gasteiger partial charge < -0.3 is 20.5 Å². The summed E-state index contributed by atoms with van der Waals surface area (Å²) in [5.74, 6) is -1.04. The minimum Gasteiger partial charge on any atom is -0.480 e. The number of carbonyl (C=O) groups excluding carboxylic acids is 1. The first-order chi connectivity index (χ1) is 8.11. The Labute approximate surface area is 101 Å². The SMILES string of the molecule is C=CCCOCCNC(=O)N[C@@H](CC)C(=O)O. The van der Waals surface area contributed by atoms with Gasteiger partial charge in [0.25, 0.3) is 0 Å². The van der Waals surface area contributed by atoms with Gasteiger partial charge >= 0.3 is 12.0 Å². The lowest BCUT2D eigenvalue weighted by molar-refractivity contribution is -0.139. The van der Waals surface area contributed by atoms with Crippen LogP contribution in [0.4, 0.5) is 4.79 Å². The first-order valence-corrected chi connectivity index (χ1v) is 5.57. The molecule has 0 aliphatic rings. The number of rotatable bonds is 9. The van der Waals surface area contributed by atoms with E-state index in [1.54, 1.807) is 13.0 Å². The van der Waals surface area contributed by atoms with Crippen molar-refractivity contribution in [2.24, 2.45) is 0 Å². The fourth-order valence-electron chi connectivity index (χ4n) is 1.05. The van der Waals surface area contributed by atoms with Crippen LogP contribution >= 0.6 is 0 Å². The van der Waals surface area contributed by atoms with Crippen molar-refractivity contribution in [2.75, 3.05) is 19.8 Å². The number of carboxylic acids is 1. The van der Waals surface area contributed by atoms with Gasteiger partial charge in [0.2, 0.25) is 0 Å². The summed E-state index contributed by atoms with van der Waals surface area (Å²) in [6, 6.07) is -1.34. The standard InChI is InChI=1S/C11H20N2O4/c1-3-5-7-17-8-6-12-11(16)13-9(4-2)10(14)15/h3,9H,1,4-8H2,2H3,(H,14,15)(H2,12,13,16)/t9-/m0/s1. The summed E-state index contributed by atoms with van der Waals surface area (Å²) in [6.07, 6.45) is 2.86. The average molecular weight is 244 g/mol. The molecule has 0 rings (SSSR count). The number of hydrogen-bond donors (Lipinski definition) is 3. The van der Waals surface area contributed by atoms with Crippen LogP contribution in [-0.2, 0) is 9.53 Å². The van der Waals surface area contributed by atoms with E-state index >= 15 is 0 Å². The Morgan fingerprint density at radius 2 is 2.18 bits per heavy atom. The van der Waals surface area contributed by atoms with Crippen LogP contribution in [0.15, 0.2) is 12.7 Å². The van der Waals surface area contributed by atoms with E-state index < -0.39 is 18.0 Å². The number of carbonyl (C=O) groups is 2. The van der Waals surface area contributed by atoms with Crippen molar-refractivity contribution in [1.29, 1.82) is 0 Å². The van der Waals surface area contributed by atoms with E-state index in [1.807, 2.05) is 0 Å². The third kappa shape index (κ3) is 8.27. The molecule has 0 saturated carbocycles. The first kappa shape index (κ1) is 15.4. The lowest BCUT2D eigenvalue weighted by Crippen LogP contribution is -2.46. The van der Waals surface area contributed by atoms with Gasteiger partial charge in [-0.3, -0.25) is 0 Å². The molecule has 0 bridgehead atoms. The molecule has 0 unspecified atom stereocenters. The molecule has 0 radical (unpaired) electrons. The van der Waals surface area contributed by atoms with E-state index in [-0.39, 0.29) is 0 Å². The van der Waals surface area contributed by atoms with Gasteiger partial charge in [0.05, 0.1) is 13.2 Å². The Bertz CT molecular complexity index is 256. The minimum atomic E-state index is -1.04. The molecule has 17 heavy (non-hydrogen) atoms. The number of urea groups is 1. The third-order valence-corrected chi connectivity index (χ3v) is 2.01. The third-order valence-electron chi connectivity index (χ3n) is 2.01. The van der Waals surface area contributed by atoms with Gasteiger partial charge in [-0.1, -0.05) is 13.0 Å². The van der Waals surface area contributed by atoms with Crippen molar-refractivity contribution in [1.82, 2.24) is 10.6 Å². The highest BCUT2D eigenvalue weighted by Gasteiger charge is 2.16. The van der Waals surface area contributed by atoms with Gasteiger partial charge in [0.1, 0.15) is 6.04 Å². The largest absolute Gasteiger partial charge is 0.480 e. The molecule has 0 spiro atoms. The zero-order chi connectivity index (χ0) is 13.1. The molecule has 6 nitrogen and oxygen atoms in total. The summed E-state index contributed by atoms with van der Waals surface area (Å²) in [5, 5.41) is 13.6. The Morgan fingerprint density at radius 3 is 2.71 bits per heavy atom. The minimum absolute atomic E-state index is 0.346. The quantitative estimate of drug-likeness (QED) is 0.412. The van der Waals surface area contributed by atoms with Gasteiger partial charge in [-0.2, -0.15) is 0 Å². The predicted octanol–water partition coefficient (Wildman–Crippen LogP) is 0.741. The van der Waals surface area contributed by atoms with Crippen LogP contribution in [0.5, 0.6) is 0 Å². The lowest BCUT2D eigenvalue weighted by Gasteiger charge is -2.13. The van der Waals surface area contributed by atoms with E-state index in [0.29, 0.717) is 26.2 Å². The molecule has 98 valence electrons. The van der Waals surface area contributed by atoms with E-state index in [4.69, 9.17) is 9.84 Å². The van der Waals surface area contributed by atoms with Gasteiger partial charge in [0.15, 0.2) is 0 Å². The average Bonchev–Trinajstić information content (AvgIpc) is 2.30. The van der Waals surface area contributed by atoms with Crippen LogP contribution in [0.25, 0.3) is 0 Å². The van der Waals surface area contributed by atoms with Crippen molar-refractivity contribution in [3.8, 4) is 0 Å². The highest BCUT2D eigenvalue weighted by Crippen LogP contribution is 1.90. The number of ether oxygens (including phenoxy) is 1. The number of amides is 2. The maximum Gasteiger partial charge on any atom is 0.326 e. The van der Waals surface area contributed by atoms with Crippen LogP contribution in [-0.4, -0.2) is 42.9 Å². The molecule has 0 aromatic heterocycles. The van der Waals surface area contributed by atoms with Crippen molar-refractivity contribution in [3.05, 3.63) is 12.7 Å². The summed E-state index contributed by atoms with van der Waals surface area (Å²) in [6.45, 7) is 6.55. The van der Waals surface area contributed by atoms with Gasteiger partial charge in [-0.05, 0) is 12.8 Å². The summed E-state index contributed by atoms with van der Waals surface area (Å²) in [7, 11) is 0. The van der Waals surface area contributed by atoms with E-state index in [0.717, 1.165) is 6.42 Å². The molecule has 1 atom stereocenters.